The van der Waals surface area contributed by atoms with Crippen LogP contribution in [0.25, 0.3) is 0 Å². The molecule has 0 aliphatic carbocycles. The lowest BCUT2D eigenvalue weighted by Crippen LogP contribution is -2.43. The quantitative estimate of drug-likeness (QED) is 0.627. The Kier molecular flexibility index (Phi) is 5.87. The Hall–Kier alpha value is -2.24. The molecule has 1 aromatic carbocycles. The molecule has 2 saturated heterocycles. The van der Waals surface area contributed by atoms with Gasteiger partial charge in [-0.1, -0.05) is 11.6 Å². The van der Waals surface area contributed by atoms with Crippen molar-refractivity contribution in [2.75, 3.05) is 26.2 Å². The molecule has 0 bridgehead atoms. The molecule has 152 valence electrons. The highest BCUT2D eigenvalue weighted by atomic mass is 35.5. The number of halogens is 2. The second-order valence-electron chi connectivity index (χ2n) is 6.43. The van der Waals surface area contributed by atoms with Crippen molar-refractivity contribution >= 4 is 39.5 Å². The van der Waals surface area contributed by atoms with E-state index < -0.39 is 21.9 Å². The molecule has 1 aromatic rings. The molecule has 1 atom stereocenters. The van der Waals surface area contributed by atoms with Gasteiger partial charge >= 0.3 is 6.03 Å². The number of carbonyl (C=O) groups excluding carboxylic acids is 3. The number of urea groups is 1. The smallest absolute Gasteiger partial charge is 0.324 e. The zero-order valence-corrected chi connectivity index (χ0v) is 16.2. The molecular weight excluding hydrogens is 415 g/mol. The van der Waals surface area contributed by atoms with E-state index in [4.69, 9.17) is 11.6 Å². The number of benzene rings is 1. The molecule has 0 radical (unpaired) electrons. The van der Waals surface area contributed by atoms with Crippen LogP contribution < -0.4 is 10.0 Å². The van der Waals surface area contributed by atoms with Crippen molar-refractivity contribution < 1.29 is 27.2 Å². The third-order valence-electron chi connectivity index (χ3n) is 4.59. The number of sulfonamides is 1. The average Bonchev–Trinajstić information content (AvgIpc) is 3.23. The molecule has 1 unspecified atom stereocenters. The molecule has 2 N–H and O–H groups in total. The molecule has 2 aliphatic heterocycles. The van der Waals surface area contributed by atoms with E-state index in [1.54, 1.807) is 0 Å². The zero-order valence-electron chi connectivity index (χ0n) is 14.7. The fourth-order valence-electron chi connectivity index (χ4n) is 3.16. The van der Waals surface area contributed by atoms with Crippen molar-refractivity contribution in [3.8, 4) is 0 Å². The fraction of sp³-hybridized carbons (Fsp3) is 0.438. The second kappa shape index (κ2) is 8.02. The average molecular weight is 433 g/mol. The second-order valence-corrected chi connectivity index (χ2v) is 8.60. The molecule has 0 spiro atoms. The molecule has 12 heteroatoms. The van der Waals surface area contributed by atoms with Crippen LogP contribution in [0.2, 0.25) is 5.02 Å². The Bertz CT molecular complexity index is 910. The van der Waals surface area contributed by atoms with Crippen LogP contribution in [0.4, 0.5) is 9.18 Å². The number of rotatable bonds is 6. The van der Waals surface area contributed by atoms with Gasteiger partial charge in [-0.15, -0.1) is 0 Å². The van der Waals surface area contributed by atoms with E-state index in [0.29, 0.717) is 13.0 Å². The van der Waals surface area contributed by atoms with Gasteiger partial charge in [0.1, 0.15) is 5.82 Å². The van der Waals surface area contributed by atoms with Crippen molar-refractivity contribution in [2.45, 2.75) is 23.8 Å². The maximum Gasteiger partial charge on any atom is 0.324 e. The monoisotopic (exact) mass is 432 g/mol. The van der Waals surface area contributed by atoms with Crippen molar-refractivity contribution in [3.63, 3.8) is 0 Å². The summed E-state index contributed by atoms with van der Waals surface area (Å²) in [6, 6.07) is 2.17. The highest BCUT2D eigenvalue weighted by Gasteiger charge is 2.39. The first-order valence-electron chi connectivity index (χ1n) is 8.51. The molecule has 0 saturated carbocycles. The summed E-state index contributed by atoms with van der Waals surface area (Å²) < 4.78 is 39.8. The number of nitrogens with zero attached hydrogens (tertiary/aromatic N) is 2. The summed E-state index contributed by atoms with van der Waals surface area (Å²) in [5, 5.41) is 2.12. The summed E-state index contributed by atoms with van der Waals surface area (Å²) in [6.45, 7) is 0.401. The Morgan fingerprint density at radius 3 is 2.75 bits per heavy atom. The highest BCUT2D eigenvalue weighted by molar-refractivity contribution is 7.89. The molecule has 3 rings (SSSR count). The third kappa shape index (κ3) is 4.26. The summed E-state index contributed by atoms with van der Waals surface area (Å²) in [4.78, 5) is 38.2. The Balaban J connectivity index is 1.51. The fourth-order valence-corrected chi connectivity index (χ4v) is 4.46. The van der Waals surface area contributed by atoms with Crippen LogP contribution in [0, 0.1) is 5.82 Å². The van der Waals surface area contributed by atoms with Gasteiger partial charge in [0, 0.05) is 26.1 Å². The third-order valence-corrected chi connectivity index (χ3v) is 6.34. The topological polar surface area (TPSA) is 116 Å². The predicted octanol–water partition coefficient (Wildman–Crippen LogP) is 0.300. The molecule has 2 heterocycles. The number of likely N-dealkylation sites (tertiary alicyclic amines) is 1. The van der Waals surface area contributed by atoms with Gasteiger partial charge in [0.05, 0.1) is 22.5 Å². The number of imide groups is 1. The lowest BCUT2D eigenvalue weighted by Gasteiger charge is -2.21. The van der Waals surface area contributed by atoms with Crippen molar-refractivity contribution in [3.05, 3.63) is 29.0 Å². The van der Waals surface area contributed by atoms with Crippen LogP contribution in [0.15, 0.2) is 23.1 Å². The minimum Gasteiger partial charge on any atom is -0.340 e. The van der Waals surface area contributed by atoms with E-state index in [2.05, 4.69) is 10.0 Å². The van der Waals surface area contributed by atoms with Crippen LogP contribution in [0.5, 0.6) is 0 Å². The zero-order chi connectivity index (χ0) is 20.5. The van der Waals surface area contributed by atoms with Crippen LogP contribution in [-0.4, -0.2) is 68.3 Å². The van der Waals surface area contributed by atoms with Crippen molar-refractivity contribution in [2.24, 2.45) is 0 Å². The van der Waals surface area contributed by atoms with Crippen LogP contribution in [-0.2, 0) is 19.6 Å². The lowest BCUT2D eigenvalue weighted by atomic mass is 10.2. The number of nitrogens with one attached hydrogen (secondary N) is 2. The number of carbonyl (C=O) groups is 3. The predicted molar refractivity (Wildman–Crippen MR) is 96.4 cm³/mol. The first-order valence-corrected chi connectivity index (χ1v) is 10.4. The van der Waals surface area contributed by atoms with Gasteiger partial charge in [0.15, 0.2) is 0 Å². The van der Waals surface area contributed by atoms with Crippen LogP contribution in [0.1, 0.15) is 12.8 Å². The van der Waals surface area contributed by atoms with E-state index in [-0.39, 0.29) is 53.8 Å². The van der Waals surface area contributed by atoms with E-state index in [0.717, 1.165) is 23.1 Å². The van der Waals surface area contributed by atoms with Gasteiger partial charge in [-0.25, -0.2) is 22.3 Å². The first-order chi connectivity index (χ1) is 13.2. The summed E-state index contributed by atoms with van der Waals surface area (Å²) in [5.74, 6) is -1.35. The molecule has 2 fully saturated rings. The standard InChI is InChI=1S/C16H18ClFN4O5S/c17-12-7-11(1-2-13(12)18)28(26,27)20-5-3-14(23)21-6-4-10(9-21)22-15(24)8-19-16(22)25/h1-2,7,10,20H,3-6,8-9H2,(H,19,25). The minimum absolute atomic E-state index is 0.0432. The summed E-state index contributed by atoms with van der Waals surface area (Å²) in [5.41, 5.74) is 0. The normalized spacial score (nSPS) is 20.0. The van der Waals surface area contributed by atoms with Crippen LogP contribution >= 0.6 is 11.6 Å². The molecule has 4 amide bonds. The van der Waals surface area contributed by atoms with E-state index in [1.807, 2.05) is 0 Å². The summed E-state index contributed by atoms with van der Waals surface area (Å²) >= 11 is 5.59. The Morgan fingerprint density at radius 2 is 2.11 bits per heavy atom. The number of hydrogen-bond donors (Lipinski definition) is 2. The number of amides is 4. The Labute approximate surface area is 165 Å². The largest absolute Gasteiger partial charge is 0.340 e. The molecule has 2 aliphatic rings. The molecule has 28 heavy (non-hydrogen) atoms. The highest BCUT2D eigenvalue weighted by Crippen LogP contribution is 2.20. The van der Waals surface area contributed by atoms with Gasteiger partial charge in [0.2, 0.25) is 21.8 Å². The van der Waals surface area contributed by atoms with E-state index in [9.17, 15) is 27.2 Å². The van der Waals surface area contributed by atoms with E-state index in [1.165, 1.54) is 4.90 Å². The maximum atomic E-state index is 13.2. The number of hydrogen-bond acceptors (Lipinski definition) is 5. The summed E-state index contributed by atoms with van der Waals surface area (Å²) in [6.07, 6.45) is 0.381. The lowest BCUT2D eigenvalue weighted by molar-refractivity contribution is -0.131. The van der Waals surface area contributed by atoms with E-state index >= 15 is 0 Å². The first kappa shape index (κ1) is 20.5. The molecule has 0 aromatic heterocycles. The summed E-state index contributed by atoms with van der Waals surface area (Å²) in [7, 11) is -3.93. The molecular formula is C16H18ClFN4O5S. The minimum atomic E-state index is -3.93. The van der Waals surface area contributed by atoms with Gasteiger partial charge in [-0.05, 0) is 24.6 Å². The maximum absolute atomic E-state index is 13.2. The van der Waals surface area contributed by atoms with Gasteiger partial charge in [-0.2, -0.15) is 0 Å². The van der Waals surface area contributed by atoms with Gasteiger partial charge < -0.3 is 10.2 Å². The van der Waals surface area contributed by atoms with Crippen LogP contribution in [0.3, 0.4) is 0 Å². The SMILES string of the molecule is O=C(CCNS(=O)(=O)c1ccc(F)c(Cl)c1)N1CCC(N2C(=O)CNC2=O)C1. The van der Waals surface area contributed by atoms with Gasteiger partial charge in [-0.3, -0.25) is 14.5 Å². The van der Waals surface area contributed by atoms with Crippen molar-refractivity contribution in [1.29, 1.82) is 0 Å². The van der Waals surface area contributed by atoms with Crippen molar-refractivity contribution in [1.82, 2.24) is 19.8 Å². The van der Waals surface area contributed by atoms with Gasteiger partial charge in [0.25, 0.3) is 0 Å². The Morgan fingerprint density at radius 1 is 1.36 bits per heavy atom. The molecule has 9 nitrogen and oxygen atoms in total.